The van der Waals surface area contributed by atoms with Gasteiger partial charge in [-0.3, -0.25) is 15.1 Å². The Morgan fingerprint density at radius 2 is 2.08 bits per heavy atom. The number of hydrogen-bond donors (Lipinski definition) is 1. The molecule has 0 bridgehead atoms. The Balaban J connectivity index is 1.96. The lowest BCUT2D eigenvalue weighted by Crippen LogP contribution is -2.50. The molecule has 0 fully saturated rings. The first-order valence-electron chi connectivity index (χ1n) is 7.92. The number of carbonyl (C=O) groups excluding carboxylic acids is 1. The normalized spacial score (nSPS) is 18.7. The number of benzene rings is 2. The molecule has 2 aliphatic rings. The molecule has 0 aromatic heterocycles. The van der Waals surface area contributed by atoms with Gasteiger partial charge >= 0.3 is 0 Å². The Labute approximate surface area is 154 Å². The van der Waals surface area contributed by atoms with Gasteiger partial charge < -0.3 is 0 Å². The van der Waals surface area contributed by atoms with E-state index in [2.05, 4.69) is 10.4 Å². The monoisotopic (exact) mass is 370 g/mol. The molecule has 0 radical (unpaired) electrons. The van der Waals surface area contributed by atoms with Gasteiger partial charge in [-0.15, -0.1) is 5.10 Å². The Kier molecular flexibility index (Phi) is 4.23. The Hall–Kier alpha value is -2.31. The van der Waals surface area contributed by atoms with Crippen LogP contribution in [0.3, 0.4) is 0 Å². The molecule has 1 atom stereocenters. The standard InChI is InChI=1S/C18H15ClN4OS/c1-2-25-18-21-17(24)15-13-8-3-4-9-14(13)20-16(23(15)22-18)11-6-5-7-12(19)10-11/h3-10,16H,2H2,1H3,(H,21,22,24)/t16-/m1/s1. The van der Waals surface area contributed by atoms with E-state index in [1.165, 1.54) is 11.8 Å². The van der Waals surface area contributed by atoms with Crippen molar-refractivity contribution in [3.05, 3.63) is 69.7 Å². The molecule has 0 saturated carbocycles. The van der Waals surface area contributed by atoms with Gasteiger partial charge in [-0.05, 0) is 29.5 Å². The highest BCUT2D eigenvalue weighted by atomic mass is 35.5. The zero-order valence-corrected chi connectivity index (χ0v) is 15.0. The summed E-state index contributed by atoms with van der Waals surface area (Å²) in [6.45, 7) is 2.02. The number of nitrogens with zero attached hydrogens (tertiary/aromatic N) is 3. The Morgan fingerprint density at radius 3 is 2.88 bits per heavy atom. The average Bonchev–Trinajstić information content (AvgIpc) is 2.61. The molecule has 1 N–H and O–H groups in total. The zero-order chi connectivity index (χ0) is 17.4. The van der Waals surface area contributed by atoms with Crippen LogP contribution in [-0.4, -0.2) is 21.8 Å². The molecular weight excluding hydrogens is 356 g/mol. The van der Waals surface area contributed by atoms with E-state index in [1.54, 1.807) is 5.01 Å². The molecule has 7 heteroatoms. The summed E-state index contributed by atoms with van der Waals surface area (Å²) in [5.41, 5.74) is 1.40. The molecular formula is C18H15ClN4OS. The lowest BCUT2D eigenvalue weighted by atomic mass is 10.1. The second-order valence-corrected chi connectivity index (χ2v) is 7.25. The fourth-order valence-electron chi connectivity index (χ4n) is 2.91. The van der Waals surface area contributed by atoms with Gasteiger partial charge in [0.2, 0.25) is 0 Å². The molecule has 2 aromatic carbocycles. The Bertz CT molecular complexity index is 1000. The number of rotatable bonds is 2. The van der Waals surface area contributed by atoms with Gasteiger partial charge in [-0.2, -0.15) is 0 Å². The van der Waals surface area contributed by atoms with Crippen LogP contribution < -0.4 is 15.9 Å². The number of halogens is 1. The molecule has 126 valence electrons. The van der Waals surface area contributed by atoms with Gasteiger partial charge in [0.05, 0.1) is 5.36 Å². The van der Waals surface area contributed by atoms with E-state index in [-0.39, 0.29) is 5.91 Å². The third-order valence-corrected chi connectivity index (χ3v) is 4.92. The third kappa shape index (κ3) is 2.92. The zero-order valence-electron chi connectivity index (χ0n) is 13.4. The third-order valence-electron chi connectivity index (χ3n) is 3.94. The van der Waals surface area contributed by atoms with Crippen LogP contribution >= 0.6 is 23.4 Å². The van der Waals surface area contributed by atoms with Crippen molar-refractivity contribution in [1.29, 1.82) is 0 Å². The number of para-hydroxylation sites is 1. The highest BCUT2D eigenvalue weighted by molar-refractivity contribution is 8.13. The molecule has 4 rings (SSSR count). The van der Waals surface area contributed by atoms with Crippen LogP contribution in [0.4, 0.5) is 0 Å². The van der Waals surface area contributed by atoms with Crippen molar-refractivity contribution in [3.8, 4) is 0 Å². The maximum Gasteiger partial charge on any atom is 0.276 e. The van der Waals surface area contributed by atoms with Crippen molar-refractivity contribution in [2.45, 2.75) is 13.1 Å². The fourth-order valence-corrected chi connectivity index (χ4v) is 3.70. The van der Waals surface area contributed by atoms with E-state index in [1.807, 2.05) is 55.5 Å². The van der Waals surface area contributed by atoms with Crippen molar-refractivity contribution in [2.24, 2.45) is 10.1 Å². The number of amides is 1. The van der Waals surface area contributed by atoms with E-state index >= 15 is 0 Å². The summed E-state index contributed by atoms with van der Waals surface area (Å²) in [5, 5.41) is 12.0. The second kappa shape index (κ2) is 6.54. The molecule has 0 saturated heterocycles. The van der Waals surface area contributed by atoms with E-state index in [0.29, 0.717) is 15.9 Å². The first-order chi connectivity index (χ1) is 12.2. The highest BCUT2D eigenvalue weighted by Gasteiger charge is 2.34. The summed E-state index contributed by atoms with van der Waals surface area (Å²) in [6, 6.07) is 15.1. The summed E-state index contributed by atoms with van der Waals surface area (Å²) >= 11 is 7.65. The maximum absolute atomic E-state index is 12.8. The number of amidine groups is 1. The highest BCUT2D eigenvalue weighted by Crippen LogP contribution is 2.31. The van der Waals surface area contributed by atoms with Crippen molar-refractivity contribution < 1.29 is 4.79 Å². The van der Waals surface area contributed by atoms with Crippen LogP contribution in [0.5, 0.6) is 0 Å². The second-order valence-electron chi connectivity index (χ2n) is 5.56. The van der Waals surface area contributed by atoms with Gasteiger partial charge in [0.1, 0.15) is 5.70 Å². The lowest BCUT2D eigenvalue weighted by Gasteiger charge is -2.34. The fraction of sp³-hybridized carbons (Fsp3) is 0.167. The molecule has 2 aliphatic heterocycles. The SMILES string of the molecule is CCSC1=NN2C(=c3ccccc3=N[C@H]2c2cccc(Cl)c2)C(=O)N1. The number of hydrogen-bond acceptors (Lipinski definition) is 5. The van der Waals surface area contributed by atoms with Gasteiger partial charge in [0.25, 0.3) is 5.91 Å². The molecule has 0 unspecified atom stereocenters. The molecule has 2 heterocycles. The van der Waals surface area contributed by atoms with Crippen LogP contribution in [0.25, 0.3) is 5.70 Å². The van der Waals surface area contributed by atoms with Gasteiger partial charge in [0.15, 0.2) is 11.3 Å². The molecule has 0 aliphatic carbocycles. The molecule has 2 aromatic rings. The smallest absolute Gasteiger partial charge is 0.276 e. The van der Waals surface area contributed by atoms with Crippen LogP contribution in [0.15, 0.2) is 58.6 Å². The molecule has 25 heavy (non-hydrogen) atoms. The van der Waals surface area contributed by atoms with E-state index in [9.17, 15) is 4.79 Å². The number of fused-ring (bicyclic) bond motifs is 2. The first kappa shape index (κ1) is 16.2. The quantitative estimate of drug-likeness (QED) is 0.882. The van der Waals surface area contributed by atoms with E-state index in [4.69, 9.17) is 16.6 Å². The van der Waals surface area contributed by atoms with Crippen molar-refractivity contribution in [3.63, 3.8) is 0 Å². The van der Waals surface area contributed by atoms with E-state index < -0.39 is 6.17 Å². The minimum absolute atomic E-state index is 0.166. The number of carbonyl (C=O) groups is 1. The van der Waals surface area contributed by atoms with Crippen molar-refractivity contribution in [1.82, 2.24) is 10.3 Å². The topological polar surface area (TPSA) is 57.1 Å². The van der Waals surface area contributed by atoms with Gasteiger partial charge in [-0.1, -0.05) is 60.6 Å². The molecule has 1 amide bonds. The summed E-state index contributed by atoms with van der Waals surface area (Å²) in [6.07, 6.45) is -0.429. The number of nitrogens with one attached hydrogen (secondary N) is 1. The minimum Gasteiger partial charge on any atom is -0.298 e. The number of thioether (sulfide) groups is 1. The predicted molar refractivity (Wildman–Crippen MR) is 100 cm³/mol. The summed E-state index contributed by atoms with van der Waals surface area (Å²) in [5.74, 6) is 0.651. The van der Waals surface area contributed by atoms with Crippen LogP contribution in [0.2, 0.25) is 5.02 Å². The average molecular weight is 371 g/mol. The predicted octanol–water partition coefficient (Wildman–Crippen LogP) is 2.24. The van der Waals surface area contributed by atoms with Crippen molar-refractivity contribution >= 4 is 40.1 Å². The largest absolute Gasteiger partial charge is 0.298 e. The first-order valence-corrected chi connectivity index (χ1v) is 9.28. The van der Waals surface area contributed by atoms with Crippen molar-refractivity contribution in [2.75, 3.05) is 5.75 Å². The maximum atomic E-state index is 12.8. The Morgan fingerprint density at radius 1 is 1.24 bits per heavy atom. The summed E-state index contributed by atoms with van der Waals surface area (Å²) in [7, 11) is 0. The summed E-state index contributed by atoms with van der Waals surface area (Å²) < 4.78 is 0. The number of hydrazone groups is 1. The minimum atomic E-state index is -0.429. The van der Waals surface area contributed by atoms with Crippen LogP contribution in [0.1, 0.15) is 18.7 Å². The summed E-state index contributed by atoms with van der Waals surface area (Å²) in [4.78, 5) is 17.6. The van der Waals surface area contributed by atoms with Crippen LogP contribution in [0, 0.1) is 0 Å². The van der Waals surface area contributed by atoms with E-state index in [0.717, 1.165) is 21.9 Å². The van der Waals surface area contributed by atoms with Gasteiger partial charge in [-0.25, -0.2) is 5.01 Å². The van der Waals surface area contributed by atoms with Gasteiger partial charge in [0, 0.05) is 10.2 Å². The molecule has 0 spiro atoms. The van der Waals surface area contributed by atoms with Crippen LogP contribution in [-0.2, 0) is 4.79 Å². The lowest BCUT2D eigenvalue weighted by molar-refractivity contribution is -0.116. The molecule has 5 nitrogen and oxygen atoms in total.